The minimum absolute atomic E-state index is 0.0664. The Kier molecular flexibility index (Phi) is 3.56. The lowest BCUT2D eigenvalue weighted by atomic mass is 9.77. The third-order valence-corrected chi connectivity index (χ3v) is 3.74. The number of likely N-dealkylation sites (tertiary alicyclic amines) is 1. The fourth-order valence-electron chi connectivity index (χ4n) is 2.76. The minimum atomic E-state index is -0.480. The summed E-state index contributed by atoms with van der Waals surface area (Å²) in [6, 6.07) is 0. The first-order valence-corrected chi connectivity index (χ1v) is 6.57. The number of carbonyl (C=O) groups excluding carboxylic acids is 1. The Labute approximate surface area is 108 Å². The van der Waals surface area contributed by atoms with Gasteiger partial charge in [-0.2, -0.15) is 0 Å². The molecular weight excluding hydrogens is 234 g/mol. The van der Waals surface area contributed by atoms with Crippen LogP contribution in [-0.4, -0.2) is 54.1 Å². The molecule has 2 saturated heterocycles. The Morgan fingerprint density at radius 3 is 2.89 bits per heavy atom. The third-order valence-electron chi connectivity index (χ3n) is 3.74. The topological polar surface area (TPSA) is 59.0 Å². The van der Waals surface area contributed by atoms with Gasteiger partial charge >= 0.3 is 6.09 Å². The number of nitrogens with zero attached hydrogens (tertiary/aromatic N) is 1. The minimum Gasteiger partial charge on any atom is -0.444 e. The molecule has 1 N–H and O–H groups in total. The van der Waals surface area contributed by atoms with Crippen LogP contribution >= 0.6 is 0 Å². The average Bonchev–Trinajstić information content (AvgIpc) is 2.69. The number of aliphatic hydroxyl groups is 1. The number of aliphatic hydroxyl groups excluding tert-OH is 1. The Balaban J connectivity index is 2.02. The van der Waals surface area contributed by atoms with E-state index in [1.165, 1.54) is 0 Å². The van der Waals surface area contributed by atoms with Gasteiger partial charge in [-0.05, 0) is 33.6 Å². The van der Waals surface area contributed by atoms with E-state index in [9.17, 15) is 9.90 Å². The van der Waals surface area contributed by atoms with Gasteiger partial charge in [0.1, 0.15) is 5.60 Å². The van der Waals surface area contributed by atoms with E-state index in [1.807, 2.05) is 20.8 Å². The molecule has 0 radical (unpaired) electrons. The third kappa shape index (κ3) is 2.62. The highest BCUT2D eigenvalue weighted by Gasteiger charge is 2.48. The molecule has 0 aromatic heterocycles. The Morgan fingerprint density at radius 1 is 1.56 bits per heavy atom. The number of carbonyl (C=O) groups is 1. The summed E-state index contributed by atoms with van der Waals surface area (Å²) in [4.78, 5) is 13.7. The van der Waals surface area contributed by atoms with Crippen molar-refractivity contribution in [2.45, 2.75) is 45.3 Å². The molecule has 2 fully saturated rings. The molecule has 2 rings (SSSR count). The monoisotopic (exact) mass is 257 g/mol. The zero-order chi connectivity index (χ0) is 13.4. The van der Waals surface area contributed by atoms with Gasteiger partial charge in [-0.1, -0.05) is 0 Å². The summed E-state index contributed by atoms with van der Waals surface area (Å²) in [6.45, 7) is 7.49. The highest BCUT2D eigenvalue weighted by molar-refractivity contribution is 5.68. The van der Waals surface area contributed by atoms with Gasteiger partial charge in [0.05, 0.1) is 12.7 Å². The van der Waals surface area contributed by atoms with E-state index < -0.39 is 5.60 Å². The number of piperidine rings is 1. The normalized spacial score (nSPS) is 32.2. The van der Waals surface area contributed by atoms with Crippen LogP contribution in [0.2, 0.25) is 0 Å². The highest BCUT2D eigenvalue weighted by atomic mass is 16.6. The molecule has 0 bridgehead atoms. The second kappa shape index (κ2) is 4.70. The van der Waals surface area contributed by atoms with Crippen molar-refractivity contribution in [3.05, 3.63) is 0 Å². The van der Waals surface area contributed by atoms with Gasteiger partial charge in [-0.3, -0.25) is 0 Å². The van der Waals surface area contributed by atoms with E-state index in [4.69, 9.17) is 9.47 Å². The summed E-state index contributed by atoms with van der Waals surface area (Å²) in [7, 11) is 0. The van der Waals surface area contributed by atoms with Gasteiger partial charge in [-0.25, -0.2) is 4.79 Å². The first-order valence-electron chi connectivity index (χ1n) is 6.57. The Bertz CT molecular complexity index is 325. The average molecular weight is 257 g/mol. The van der Waals surface area contributed by atoms with E-state index in [2.05, 4.69) is 0 Å². The van der Waals surface area contributed by atoms with Crippen molar-refractivity contribution in [3.63, 3.8) is 0 Å². The maximum Gasteiger partial charge on any atom is 0.410 e. The van der Waals surface area contributed by atoms with Gasteiger partial charge in [0.15, 0.2) is 0 Å². The summed E-state index contributed by atoms with van der Waals surface area (Å²) in [6.07, 6.45) is 1.38. The van der Waals surface area contributed by atoms with E-state index in [1.54, 1.807) is 4.90 Å². The van der Waals surface area contributed by atoms with Gasteiger partial charge in [0.2, 0.25) is 0 Å². The van der Waals surface area contributed by atoms with Gasteiger partial charge < -0.3 is 19.5 Å². The summed E-state index contributed by atoms with van der Waals surface area (Å²) in [5.41, 5.74) is -0.762. The zero-order valence-electron chi connectivity index (χ0n) is 11.4. The Hall–Kier alpha value is -0.810. The van der Waals surface area contributed by atoms with Crippen molar-refractivity contribution in [1.82, 2.24) is 4.90 Å². The number of ether oxygens (including phenoxy) is 2. The molecular formula is C13H23NO4. The van der Waals surface area contributed by atoms with Crippen molar-refractivity contribution in [1.29, 1.82) is 0 Å². The lowest BCUT2D eigenvalue weighted by molar-refractivity contribution is -0.0515. The van der Waals surface area contributed by atoms with Crippen LogP contribution in [-0.2, 0) is 9.47 Å². The van der Waals surface area contributed by atoms with E-state index >= 15 is 0 Å². The molecule has 5 heteroatoms. The summed E-state index contributed by atoms with van der Waals surface area (Å²) in [5, 5.41) is 9.63. The molecule has 2 atom stereocenters. The van der Waals surface area contributed by atoms with Crippen molar-refractivity contribution in [2.24, 2.45) is 5.41 Å². The molecule has 2 aliphatic rings. The van der Waals surface area contributed by atoms with Crippen molar-refractivity contribution in [2.75, 3.05) is 26.3 Å². The molecule has 1 amide bonds. The molecule has 0 saturated carbocycles. The molecule has 2 unspecified atom stereocenters. The molecule has 5 nitrogen and oxygen atoms in total. The van der Waals surface area contributed by atoms with Crippen LogP contribution in [0.25, 0.3) is 0 Å². The Morgan fingerprint density at radius 2 is 2.28 bits per heavy atom. The summed E-state index contributed by atoms with van der Waals surface area (Å²) < 4.78 is 11.0. The quantitative estimate of drug-likeness (QED) is 0.771. The summed E-state index contributed by atoms with van der Waals surface area (Å²) in [5.74, 6) is 0. The number of fused-ring (bicyclic) bond motifs is 1. The van der Waals surface area contributed by atoms with Crippen LogP contribution in [0.1, 0.15) is 33.6 Å². The first kappa shape index (κ1) is 13.6. The molecule has 2 heterocycles. The predicted octanol–water partition coefficient (Wildman–Crippen LogP) is 1.39. The molecule has 0 aromatic rings. The lowest BCUT2D eigenvalue weighted by Gasteiger charge is -2.42. The van der Waals surface area contributed by atoms with E-state index in [0.29, 0.717) is 19.7 Å². The lowest BCUT2D eigenvalue weighted by Crippen LogP contribution is -2.54. The highest BCUT2D eigenvalue weighted by Crippen LogP contribution is 2.40. The van der Waals surface area contributed by atoms with Crippen LogP contribution in [0.15, 0.2) is 0 Å². The molecule has 104 valence electrons. The molecule has 2 aliphatic heterocycles. The number of hydrogen-bond donors (Lipinski definition) is 1. The SMILES string of the molecule is CC(C)(C)OC(=O)N1CCC2OCCC2(CO)C1. The molecule has 0 aromatic carbocycles. The standard InChI is InChI=1S/C13H23NO4/c1-12(2,3)18-11(16)14-6-4-10-13(8-14,9-15)5-7-17-10/h10,15H,4-9H2,1-3H3. The van der Waals surface area contributed by atoms with Crippen LogP contribution < -0.4 is 0 Å². The number of amides is 1. The van der Waals surface area contributed by atoms with Gasteiger partial charge in [0.25, 0.3) is 0 Å². The smallest absolute Gasteiger partial charge is 0.410 e. The second-order valence-electron chi connectivity index (χ2n) is 6.32. The van der Waals surface area contributed by atoms with Gasteiger partial charge in [0, 0.05) is 25.1 Å². The van der Waals surface area contributed by atoms with Crippen LogP contribution in [0.4, 0.5) is 4.79 Å². The van der Waals surface area contributed by atoms with Gasteiger partial charge in [-0.15, -0.1) is 0 Å². The van der Waals surface area contributed by atoms with Crippen LogP contribution in [0.3, 0.4) is 0 Å². The van der Waals surface area contributed by atoms with E-state index in [-0.39, 0.29) is 24.2 Å². The maximum absolute atomic E-state index is 12.0. The summed E-state index contributed by atoms with van der Waals surface area (Å²) >= 11 is 0. The number of rotatable bonds is 1. The van der Waals surface area contributed by atoms with Crippen LogP contribution in [0, 0.1) is 5.41 Å². The molecule has 0 spiro atoms. The fraction of sp³-hybridized carbons (Fsp3) is 0.923. The van der Waals surface area contributed by atoms with Crippen molar-refractivity contribution in [3.8, 4) is 0 Å². The van der Waals surface area contributed by atoms with Crippen molar-refractivity contribution >= 4 is 6.09 Å². The van der Waals surface area contributed by atoms with Crippen molar-refractivity contribution < 1.29 is 19.4 Å². The number of hydrogen-bond acceptors (Lipinski definition) is 4. The van der Waals surface area contributed by atoms with E-state index in [0.717, 1.165) is 12.8 Å². The molecule has 18 heavy (non-hydrogen) atoms. The first-order chi connectivity index (χ1) is 8.36. The largest absolute Gasteiger partial charge is 0.444 e. The maximum atomic E-state index is 12.0. The second-order valence-corrected chi connectivity index (χ2v) is 6.32. The molecule has 0 aliphatic carbocycles. The van der Waals surface area contributed by atoms with Crippen LogP contribution in [0.5, 0.6) is 0 Å². The fourth-order valence-corrected chi connectivity index (χ4v) is 2.76. The predicted molar refractivity (Wildman–Crippen MR) is 66.3 cm³/mol. The zero-order valence-corrected chi connectivity index (χ0v) is 11.4.